The van der Waals surface area contributed by atoms with Gasteiger partial charge in [0.2, 0.25) is 0 Å². The molecule has 1 unspecified atom stereocenters. The van der Waals surface area contributed by atoms with E-state index in [2.05, 4.69) is 31.2 Å². The molecule has 19 heavy (non-hydrogen) atoms. The topological polar surface area (TPSA) is 67.0 Å². The molecule has 2 N–H and O–H groups in total. The van der Waals surface area contributed by atoms with Crippen LogP contribution in [0.15, 0.2) is 16.9 Å². The number of nitrogens with one attached hydrogen (secondary N) is 2. The van der Waals surface area contributed by atoms with Crippen molar-refractivity contribution in [3.8, 4) is 0 Å². The molecule has 100 valence electrons. The number of aromatic amines is 1. The van der Waals surface area contributed by atoms with Crippen LogP contribution in [0.3, 0.4) is 0 Å². The number of aromatic nitrogens is 2. The lowest BCUT2D eigenvalue weighted by molar-refractivity contribution is -0.124. The first-order valence-corrected chi connectivity index (χ1v) is 6.69. The number of halogens is 2. The van der Waals surface area contributed by atoms with Crippen LogP contribution < -0.4 is 5.32 Å². The van der Waals surface area contributed by atoms with Crippen LogP contribution in [0.2, 0.25) is 0 Å². The van der Waals surface area contributed by atoms with Crippen molar-refractivity contribution >= 4 is 38.6 Å². The summed E-state index contributed by atoms with van der Waals surface area (Å²) in [5, 5.41) is 2.94. The number of carbonyl (C=O) groups excluding carboxylic acids is 1. The molecule has 0 radical (unpaired) electrons. The van der Waals surface area contributed by atoms with Crippen LogP contribution in [-0.4, -0.2) is 28.6 Å². The fourth-order valence-corrected chi connectivity index (χ4v) is 2.43. The zero-order valence-corrected chi connectivity index (χ0v) is 11.5. The van der Waals surface area contributed by atoms with E-state index in [0.29, 0.717) is 24.4 Å². The molecule has 0 aromatic carbocycles. The van der Waals surface area contributed by atoms with Crippen LogP contribution in [0.5, 0.6) is 0 Å². The monoisotopic (exact) mass is 327 g/mol. The molecule has 1 aliphatic rings. The molecule has 0 spiro atoms. The predicted molar refractivity (Wildman–Crippen MR) is 71.4 cm³/mol. The number of amides is 1. The Kier molecular flexibility index (Phi) is 3.24. The molecule has 1 aliphatic heterocycles. The van der Waals surface area contributed by atoms with Crippen LogP contribution >= 0.6 is 15.9 Å². The lowest BCUT2D eigenvalue weighted by atomic mass is 10.2. The maximum Gasteiger partial charge on any atom is 0.253 e. The zero-order chi connectivity index (χ0) is 13.4. The fourth-order valence-electron chi connectivity index (χ4n) is 2.13. The molecule has 3 rings (SSSR count). The smallest absolute Gasteiger partial charge is 0.253 e. The minimum absolute atomic E-state index is 0.252. The summed E-state index contributed by atoms with van der Waals surface area (Å²) in [4.78, 5) is 18.8. The van der Waals surface area contributed by atoms with Crippen LogP contribution in [-0.2, 0) is 9.53 Å². The Morgan fingerprint density at radius 1 is 1.63 bits per heavy atom. The molecule has 0 bridgehead atoms. The highest BCUT2D eigenvalue weighted by Gasteiger charge is 2.25. The third kappa shape index (κ3) is 2.23. The fraction of sp³-hybridized carbons (Fsp3) is 0.333. The second kappa shape index (κ2) is 4.90. The van der Waals surface area contributed by atoms with E-state index < -0.39 is 11.9 Å². The zero-order valence-electron chi connectivity index (χ0n) is 9.87. The summed E-state index contributed by atoms with van der Waals surface area (Å²) < 4.78 is 19.6. The molecule has 1 atom stereocenters. The van der Waals surface area contributed by atoms with E-state index in [0.717, 1.165) is 6.42 Å². The maximum atomic E-state index is 14.0. The standard InChI is InChI=1S/C12H11BrFN3O2/c13-6-4-15-11-9(10(6)14)7(5-16-11)17-12(18)8-2-1-3-19-8/h4-5,8H,1-3H2,(H,15,16)(H,17,18). The molecule has 0 aliphatic carbocycles. The number of rotatable bonds is 2. The molecule has 5 nitrogen and oxygen atoms in total. The van der Waals surface area contributed by atoms with Gasteiger partial charge in [-0.3, -0.25) is 4.79 Å². The van der Waals surface area contributed by atoms with Gasteiger partial charge in [0.25, 0.3) is 5.91 Å². The van der Waals surface area contributed by atoms with Crippen molar-refractivity contribution in [1.29, 1.82) is 0 Å². The summed E-state index contributed by atoms with van der Waals surface area (Å²) in [7, 11) is 0. The first-order valence-electron chi connectivity index (χ1n) is 5.90. The highest BCUT2D eigenvalue weighted by Crippen LogP contribution is 2.29. The van der Waals surface area contributed by atoms with Gasteiger partial charge in [-0.2, -0.15) is 0 Å². The first kappa shape index (κ1) is 12.6. The van der Waals surface area contributed by atoms with Crippen molar-refractivity contribution in [2.24, 2.45) is 0 Å². The predicted octanol–water partition coefficient (Wildman–Crippen LogP) is 2.58. The number of fused-ring (bicyclic) bond motifs is 1. The summed E-state index contributed by atoms with van der Waals surface area (Å²) >= 11 is 3.08. The molecule has 7 heteroatoms. The summed E-state index contributed by atoms with van der Waals surface area (Å²) in [6.45, 7) is 0.591. The normalized spacial score (nSPS) is 18.9. The lowest BCUT2D eigenvalue weighted by Crippen LogP contribution is -2.26. The van der Waals surface area contributed by atoms with Gasteiger partial charge in [0, 0.05) is 19.0 Å². The van der Waals surface area contributed by atoms with Gasteiger partial charge in [-0.05, 0) is 28.8 Å². The van der Waals surface area contributed by atoms with Crippen molar-refractivity contribution in [3.05, 3.63) is 22.7 Å². The molecule has 1 fully saturated rings. The van der Waals surface area contributed by atoms with Crippen molar-refractivity contribution in [2.75, 3.05) is 11.9 Å². The number of hydrogen-bond acceptors (Lipinski definition) is 3. The quantitative estimate of drug-likeness (QED) is 0.890. The van der Waals surface area contributed by atoms with Crippen LogP contribution in [0.4, 0.5) is 10.1 Å². The van der Waals surface area contributed by atoms with Gasteiger partial charge >= 0.3 is 0 Å². The SMILES string of the molecule is O=C(Nc1c[nH]c2ncc(Br)c(F)c12)C1CCCO1. The second-order valence-corrected chi connectivity index (χ2v) is 5.19. The lowest BCUT2D eigenvalue weighted by Gasteiger charge is -2.09. The summed E-state index contributed by atoms with van der Waals surface area (Å²) in [5.74, 6) is -0.702. The summed E-state index contributed by atoms with van der Waals surface area (Å²) in [6.07, 6.45) is 4.01. The highest BCUT2D eigenvalue weighted by atomic mass is 79.9. The van der Waals surface area contributed by atoms with E-state index in [9.17, 15) is 9.18 Å². The van der Waals surface area contributed by atoms with E-state index in [-0.39, 0.29) is 15.8 Å². The van der Waals surface area contributed by atoms with Crippen molar-refractivity contribution < 1.29 is 13.9 Å². The van der Waals surface area contributed by atoms with E-state index in [1.54, 1.807) is 0 Å². The van der Waals surface area contributed by atoms with Crippen molar-refractivity contribution in [2.45, 2.75) is 18.9 Å². The Labute approximate surface area is 116 Å². The van der Waals surface area contributed by atoms with E-state index in [1.807, 2.05) is 0 Å². The Bertz CT molecular complexity index is 637. The molecule has 1 amide bonds. The van der Waals surface area contributed by atoms with Gasteiger partial charge in [0.15, 0.2) is 5.82 Å². The Morgan fingerprint density at radius 3 is 3.21 bits per heavy atom. The molecular weight excluding hydrogens is 317 g/mol. The second-order valence-electron chi connectivity index (χ2n) is 4.34. The number of ether oxygens (including phenoxy) is 1. The largest absolute Gasteiger partial charge is 0.368 e. The molecule has 3 heterocycles. The van der Waals surface area contributed by atoms with Crippen LogP contribution in [0.25, 0.3) is 11.0 Å². The van der Waals surface area contributed by atoms with E-state index in [4.69, 9.17) is 4.74 Å². The third-order valence-electron chi connectivity index (χ3n) is 3.08. The number of carbonyl (C=O) groups is 1. The van der Waals surface area contributed by atoms with Gasteiger partial charge in [-0.15, -0.1) is 0 Å². The Hall–Kier alpha value is -1.47. The number of anilines is 1. The van der Waals surface area contributed by atoms with Gasteiger partial charge in [0.1, 0.15) is 11.8 Å². The Balaban J connectivity index is 1.92. The third-order valence-corrected chi connectivity index (χ3v) is 3.63. The molecule has 1 saturated heterocycles. The highest BCUT2D eigenvalue weighted by molar-refractivity contribution is 9.10. The summed E-state index contributed by atoms with van der Waals surface area (Å²) in [6, 6.07) is 0. The molecule has 0 saturated carbocycles. The van der Waals surface area contributed by atoms with Crippen molar-refractivity contribution in [3.63, 3.8) is 0 Å². The van der Waals surface area contributed by atoms with E-state index >= 15 is 0 Å². The van der Waals surface area contributed by atoms with E-state index in [1.165, 1.54) is 12.4 Å². The molecule has 2 aromatic heterocycles. The van der Waals surface area contributed by atoms with Crippen LogP contribution in [0.1, 0.15) is 12.8 Å². The van der Waals surface area contributed by atoms with Gasteiger partial charge < -0.3 is 15.0 Å². The molecule has 2 aromatic rings. The first-order chi connectivity index (χ1) is 9.16. The number of H-pyrrole nitrogens is 1. The maximum absolute atomic E-state index is 14.0. The average molecular weight is 328 g/mol. The van der Waals surface area contributed by atoms with Gasteiger partial charge in [0.05, 0.1) is 15.5 Å². The minimum atomic E-state index is -0.451. The number of pyridine rings is 1. The van der Waals surface area contributed by atoms with Crippen LogP contribution in [0, 0.1) is 5.82 Å². The number of hydrogen-bond donors (Lipinski definition) is 2. The average Bonchev–Trinajstić information content (AvgIpc) is 3.03. The van der Waals surface area contributed by atoms with Gasteiger partial charge in [-0.1, -0.05) is 0 Å². The number of nitrogens with zero attached hydrogens (tertiary/aromatic N) is 1. The Morgan fingerprint density at radius 2 is 2.47 bits per heavy atom. The van der Waals surface area contributed by atoms with Gasteiger partial charge in [-0.25, -0.2) is 9.37 Å². The van der Waals surface area contributed by atoms with Crippen molar-refractivity contribution in [1.82, 2.24) is 9.97 Å². The minimum Gasteiger partial charge on any atom is -0.368 e. The molecular formula is C12H11BrFN3O2. The summed E-state index contributed by atoms with van der Waals surface area (Å²) in [5.41, 5.74) is 0.769.